The van der Waals surface area contributed by atoms with Crippen molar-refractivity contribution >= 4 is 47.1 Å². The maximum atomic E-state index is 13.0. The van der Waals surface area contributed by atoms with Gasteiger partial charge in [0.1, 0.15) is 5.82 Å². The minimum absolute atomic E-state index is 0.0564. The van der Waals surface area contributed by atoms with Gasteiger partial charge in [0.05, 0.1) is 24.2 Å². The molecule has 1 aromatic carbocycles. The Labute approximate surface area is 193 Å². The van der Waals surface area contributed by atoms with Gasteiger partial charge in [0, 0.05) is 49.5 Å². The second-order valence-electron chi connectivity index (χ2n) is 8.11. The number of nitrogens with one attached hydrogen (secondary N) is 1. The summed E-state index contributed by atoms with van der Waals surface area (Å²) in [4.78, 5) is 34.8. The van der Waals surface area contributed by atoms with Crippen molar-refractivity contribution in [1.29, 1.82) is 0 Å². The zero-order valence-corrected chi connectivity index (χ0v) is 19.6. The number of benzene rings is 1. The number of aromatic nitrogens is 1. The van der Waals surface area contributed by atoms with Crippen molar-refractivity contribution in [3.63, 3.8) is 0 Å². The van der Waals surface area contributed by atoms with Crippen LogP contribution in [-0.4, -0.2) is 71.7 Å². The lowest BCUT2D eigenvalue weighted by Gasteiger charge is -2.33. The molecule has 1 fully saturated rings. The number of amides is 2. The molecule has 32 heavy (non-hydrogen) atoms. The average Bonchev–Trinajstić information content (AvgIpc) is 3.21. The molecule has 4 rings (SSSR count). The number of nitrogens with zero attached hydrogens (tertiary/aromatic N) is 5. The van der Waals surface area contributed by atoms with Crippen LogP contribution in [0.25, 0.3) is 0 Å². The van der Waals surface area contributed by atoms with Gasteiger partial charge in [0.25, 0.3) is 5.91 Å². The molecule has 1 N–H and O–H groups in total. The van der Waals surface area contributed by atoms with E-state index in [0.717, 1.165) is 56.1 Å². The highest BCUT2D eigenvalue weighted by Crippen LogP contribution is 2.38. The maximum Gasteiger partial charge on any atom is 0.254 e. The van der Waals surface area contributed by atoms with Crippen LogP contribution in [0.5, 0.6) is 0 Å². The summed E-state index contributed by atoms with van der Waals surface area (Å²) in [6, 6.07) is 9.84. The molecule has 1 saturated heterocycles. The van der Waals surface area contributed by atoms with Gasteiger partial charge in [-0.2, -0.15) is 0 Å². The van der Waals surface area contributed by atoms with Gasteiger partial charge >= 0.3 is 0 Å². The molecule has 0 saturated carbocycles. The smallest absolute Gasteiger partial charge is 0.254 e. The molecule has 1 aromatic heterocycles. The number of rotatable bonds is 7. The number of piperazine rings is 1. The van der Waals surface area contributed by atoms with Crippen LogP contribution in [0.2, 0.25) is 0 Å². The third kappa shape index (κ3) is 4.54. The summed E-state index contributed by atoms with van der Waals surface area (Å²) in [6.07, 6.45) is 5.63. The summed E-state index contributed by atoms with van der Waals surface area (Å²) in [5, 5.41) is 3.33. The van der Waals surface area contributed by atoms with Crippen LogP contribution in [0.3, 0.4) is 0 Å². The molecule has 8 nitrogen and oxygen atoms in total. The quantitative estimate of drug-likeness (QED) is 0.508. The van der Waals surface area contributed by atoms with E-state index in [2.05, 4.69) is 39.6 Å². The first kappa shape index (κ1) is 22.4. The minimum atomic E-state index is 0.0564. The highest BCUT2D eigenvalue weighted by molar-refractivity contribution is 7.96. The summed E-state index contributed by atoms with van der Waals surface area (Å²) >= 11 is 1.72. The Bertz CT molecular complexity index is 979. The van der Waals surface area contributed by atoms with Crippen LogP contribution in [0.15, 0.2) is 36.5 Å². The Kier molecular flexibility index (Phi) is 6.86. The first-order valence-corrected chi connectivity index (χ1v) is 12.2. The third-order valence-electron chi connectivity index (χ3n) is 6.20. The van der Waals surface area contributed by atoms with Crippen LogP contribution in [0.1, 0.15) is 30.6 Å². The van der Waals surface area contributed by atoms with Crippen molar-refractivity contribution in [2.75, 3.05) is 54.2 Å². The molecule has 1 unspecified atom stereocenters. The van der Waals surface area contributed by atoms with Crippen molar-refractivity contribution in [3.05, 3.63) is 42.1 Å². The average molecular weight is 455 g/mol. The Balaban J connectivity index is 1.51. The molecule has 2 amide bonds. The van der Waals surface area contributed by atoms with E-state index in [1.165, 1.54) is 0 Å². The fourth-order valence-electron chi connectivity index (χ4n) is 4.10. The van der Waals surface area contributed by atoms with Crippen molar-refractivity contribution in [3.8, 4) is 0 Å². The summed E-state index contributed by atoms with van der Waals surface area (Å²) in [5.74, 6) is 0.740. The van der Waals surface area contributed by atoms with Crippen LogP contribution < -0.4 is 15.1 Å². The summed E-state index contributed by atoms with van der Waals surface area (Å²) in [6.45, 7) is 8.07. The minimum Gasteiger partial charge on any atom is -0.349 e. The van der Waals surface area contributed by atoms with Crippen molar-refractivity contribution in [2.24, 2.45) is 0 Å². The number of anilines is 4. The van der Waals surface area contributed by atoms with E-state index < -0.39 is 0 Å². The Morgan fingerprint density at radius 1 is 1.22 bits per heavy atom. The molecule has 0 spiro atoms. The predicted octanol–water partition coefficient (Wildman–Crippen LogP) is 3.40. The molecule has 2 aliphatic heterocycles. The molecule has 1 atom stereocenters. The summed E-state index contributed by atoms with van der Waals surface area (Å²) < 4.78 is 2.27. The van der Waals surface area contributed by atoms with Gasteiger partial charge in [0.15, 0.2) is 0 Å². The molecular weight excluding hydrogens is 424 g/mol. The second kappa shape index (κ2) is 9.79. The largest absolute Gasteiger partial charge is 0.349 e. The Morgan fingerprint density at radius 3 is 2.69 bits per heavy atom. The number of hydrogen-bond donors (Lipinski definition) is 1. The molecule has 170 valence electrons. The maximum absolute atomic E-state index is 13.0. The van der Waals surface area contributed by atoms with Crippen LogP contribution in [0.4, 0.5) is 22.9 Å². The molecule has 2 aliphatic rings. The van der Waals surface area contributed by atoms with Gasteiger partial charge in [-0.15, -0.1) is 0 Å². The SMILES string of the molecule is CCC(C)N1CN(C=O)c2cnc(Nc3cccc(C(=O)N4CCN(SC)CC4)c3)cc21. The number of carbonyl (C=O) groups is 2. The standard InChI is InChI=1S/C23H30N6O2S/c1-4-17(2)29-15-27(16-30)21-14-24-22(13-20(21)29)25-19-7-5-6-18(12-19)23(31)26-8-10-28(32-3)11-9-26/h5-7,12-14,16-17H,4,8-11,15H2,1-3H3,(H,24,25). The zero-order valence-electron chi connectivity index (χ0n) is 18.8. The number of hydrogen-bond acceptors (Lipinski definition) is 7. The Hall–Kier alpha value is -2.78. The fourth-order valence-corrected chi connectivity index (χ4v) is 4.62. The van der Waals surface area contributed by atoms with E-state index in [9.17, 15) is 9.59 Å². The van der Waals surface area contributed by atoms with Crippen LogP contribution >= 0.6 is 11.9 Å². The zero-order chi connectivity index (χ0) is 22.7. The molecular formula is C23H30N6O2S. The normalized spacial score (nSPS) is 17.3. The van der Waals surface area contributed by atoms with Gasteiger partial charge in [-0.3, -0.25) is 14.5 Å². The van der Waals surface area contributed by atoms with Gasteiger partial charge in [0.2, 0.25) is 6.41 Å². The van der Waals surface area contributed by atoms with E-state index >= 15 is 0 Å². The number of carbonyl (C=O) groups excluding carboxylic acids is 2. The van der Waals surface area contributed by atoms with Gasteiger partial charge in [-0.05, 0) is 37.8 Å². The second-order valence-corrected chi connectivity index (χ2v) is 8.99. The van der Waals surface area contributed by atoms with Crippen molar-refractivity contribution in [2.45, 2.75) is 26.3 Å². The summed E-state index contributed by atoms with van der Waals surface area (Å²) in [5.41, 5.74) is 3.29. The lowest BCUT2D eigenvalue weighted by Crippen LogP contribution is -2.46. The molecule has 2 aromatic rings. The molecule has 0 aliphatic carbocycles. The van der Waals surface area contributed by atoms with E-state index in [-0.39, 0.29) is 5.91 Å². The van der Waals surface area contributed by atoms with E-state index in [1.54, 1.807) is 23.0 Å². The number of fused-ring (bicyclic) bond motifs is 1. The fraction of sp³-hybridized carbons (Fsp3) is 0.435. The molecule has 3 heterocycles. The van der Waals surface area contributed by atoms with E-state index in [0.29, 0.717) is 24.1 Å². The van der Waals surface area contributed by atoms with E-state index in [4.69, 9.17) is 0 Å². The lowest BCUT2D eigenvalue weighted by atomic mass is 10.1. The summed E-state index contributed by atoms with van der Waals surface area (Å²) in [7, 11) is 0. The molecule has 0 radical (unpaired) electrons. The highest BCUT2D eigenvalue weighted by Gasteiger charge is 2.29. The first-order chi connectivity index (χ1) is 15.5. The first-order valence-electron chi connectivity index (χ1n) is 11.0. The van der Waals surface area contributed by atoms with Gasteiger partial charge in [-0.1, -0.05) is 24.9 Å². The van der Waals surface area contributed by atoms with Crippen molar-refractivity contribution in [1.82, 2.24) is 14.2 Å². The van der Waals surface area contributed by atoms with Gasteiger partial charge in [-0.25, -0.2) is 9.29 Å². The third-order valence-corrected chi connectivity index (χ3v) is 7.08. The predicted molar refractivity (Wildman–Crippen MR) is 131 cm³/mol. The van der Waals surface area contributed by atoms with Crippen LogP contribution in [0, 0.1) is 0 Å². The van der Waals surface area contributed by atoms with Crippen molar-refractivity contribution < 1.29 is 9.59 Å². The van der Waals surface area contributed by atoms with Crippen LogP contribution in [-0.2, 0) is 4.79 Å². The highest BCUT2D eigenvalue weighted by atomic mass is 32.2. The molecule has 9 heteroatoms. The van der Waals surface area contributed by atoms with Gasteiger partial charge < -0.3 is 15.1 Å². The topological polar surface area (TPSA) is 72.0 Å². The lowest BCUT2D eigenvalue weighted by molar-refractivity contribution is -0.107. The monoisotopic (exact) mass is 454 g/mol. The van der Waals surface area contributed by atoms with E-state index in [1.807, 2.05) is 35.2 Å². The Morgan fingerprint density at radius 2 is 2.00 bits per heavy atom. The molecule has 0 bridgehead atoms. The number of pyridine rings is 1.